The van der Waals surface area contributed by atoms with Crippen molar-refractivity contribution in [1.82, 2.24) is 4.98 Å². The Morgan fingerprint density at radius 3 is 2.70 bits per heavy atom. The van der Waals surface area contributed by atoms with Crippen LogP contribution in [0.4, 0.5) is 0 Å². The highest BCUT2D eigenvalue weighted by atomic mass is 35.5. The molecule has 0 bridgehead atoms. The highest BCUT2D eigenvalue weighted by molar-refractivity contribution is 6.33. The molecule has 1 aromatic heterocycles. The summed E-state index contributed by atoms with van der Waals surface area (Å²) in [6.45, 7) is 0.913. The summed E-state index contributed by atoms with van der Waals surface area (Å²) < 4.78 is 17.9. The van der Waals surface area contributed by atoms with Gasteiger partial charge in [-0.1, -0.05) is 41.4 Å². The van der Waals surface area contributed by atoms with Gasteiger partial charge in [0.15, 0.2) is 6.29 Å². The van der Waals surface area contributed by atoms with Gasteiger partial charge in [-0.25, -0.2) is 0 Å². The van der Waals surface area contributed by atoms with E-state index >= 15 is 0 Å². The molecule has 1 aliphatic heterocycles. The molecule has 1 saturated heterocycles. The zero-order chi connectivity index (χ0) is 20.5. The van der Waals surface area contributed by atoms with Gasteiger partial charge < -0.3 is 14.2 Å². The van der Waals surface area contributed by atoms with Crippen molar-refractivity contribution in [3.63, 3.8) is 0 Å². The van der Waals surface area contributed by atoms with E-state index in [0.717, 1.165) is 40.8 Å². The predicted molar refractivity (Wildman–Crippen MR) is 117 cm³/mol. The van der Waals surface area contributed by atoms with Crippen molar-refractivity contribution in [2.45, 2.75) is 37.8 Å². The largest absolute Gasteiger partial charge is 0.490 e. The normalized spacial score (nSPS) is 20.6. The number of rotatable bonds is 7. The third-order valence-electron chi connectivity index (χ3n) is 5.43. The fourth-order valence-electron chi connectivity index (χ4n) is 3.60. The molecule has 2 fully saturated rings. The second-order valence-electron chi connectivity index (χ2n) is 7.63. The lowest BCUT2D eigenvalue weighted by Crippen LogP contribution is -2.40. The van der Waals surface area contributed by atoms with Crippen molar-refractivity contribution < 1.29 is 14.2 Å². The SMILES string of the molecule is Clc1ccc(Cl)c(COC2OCC2c2cnccc2-c2ccccc2OC2CC2)c1. The number of nitrogens with zero attached hydrogens (tertiary/aromatic N) is 1. The molecule has 3 aromatic rings. The molecule has 2 atom stereocenters. The standard InChI is InChI=1S/C24H21Cl2NO3/c25-16-5-8-22(26)15(11-16)13-28-24-21(14-29-24)20-12-27-10-9-18(20)19-3-1-2-4-23(19)30-17-6-7-17/h1-5,8-12,17,21,24H,6-7,13-14H2. The summed E-state index contributed by atoms with van der Waals surface area (Å²) in [6, 6.07) is 15.6. The van der Waals surface area contributed by atoms with Gasteiger partial charge in [-0.05, 0) is 59.9 Å². The molecule has 6 heteroatoms. The van der Waals surface area contributed by atoms with Crippen molar-refractivity contribution in [1.29, 1.82) is 0 Å². The number of benzene rings is 2. The molecule has 154 valence electrons. The molecule has 2 aliphatic rings. The van der Waals surface area contributed by atoms with Crippen LogP contribution in [0.1, 0.15) is 29.9 Å². The summed E-state index contributed by atoms with van der Waals surface area (Å²) in [7, 11) is 0. The number of para-hydroxylation sites is 1. The minimum absolute atomic E-state index is 0.0839. The number of hydrogen-bond donors (Lipinski definition) is 0. The molecule has 2 aromatic carbocycles. The van der Waals surface area contributed by atoms with Gasteiger partial charge in [0.25, 0.3) is 0 Å². The topological polar surface area (TPSA) is 40.6 Å². The van der Waals surface area contributed by atoms with Crippen molar-refractivity contribution in [3.05, 3.63) is 82.1 Å². The van der Waals surface area contributed by atoms with Crippen molar-refractivity contribution in [2.75, 3.05) is 6.61 Å². The molecule has 0 N–H and O–H groups in total. The lowest BCUT2D eigenvalue weighted by Gasteiger charge is -2.37. The fraction of sp³-hybridized carbons (Fsp3) is 0.292. The lowest BCUT2D eigenvalue weighted by molar-refractivity contribution is -0.237. The summed E-state index contributed by atoms with van der Waals surface area (Å²) in [6.07, 6.45) is 5.93. The summed E-state index contributed by atoms with van der Waals surface area (Å²) in [5.74, 6) is 0.997. The van der Waals surface area contributed by atoms with E-state index in [9.17, 15) is 0 Å². The van der Waals surface area contributed by atoms with Gasteiger partial charge in [0.2, 0.25) is 0 Å². The maximum Gasteiger partial charge on any atom is 0.167 e. The predicted octanol–water partition coefficient (Wildman–Crippen LogP) is 6.25. The second kappa shape index (κ2) is 8.56. The van der Waals surface area contributed by atoms with Gasteiger partial charge in [-0.3, -0.25) is 4.98 Å². The molecule has 0 spiro atoms. The molecule has 30 heavy (non-hydrogen) atoms. The second-order valence-corrected chi connectivity index (χ2v) is 8.47. The third-order valence-corrected chi connectivity index (χ3v) is 6.03. The summed E-state index contributed by atoms with van der Waals surface area (Å²) in [5, 5.41) is 1.26. The molecular weight excluding hydrogens is 421 g/mol. The Labute approximate surface area is 185 Å². The average molecular weight is 442 g/mol. The van der Waals surface area contributed by atoms with Crippen LogP contribution < -0.4 is 4.74 Å². The monoisotopic (exact) mass is 441 g/mol. The highest BCUT2D eigenvalue weighted by Crippen LogP contribution is 2.42. The van der Waals surface area contributed by atoms with Crippen LogP contribution in [0, 0.1) is 0 Å². The Kier molecular flexibility index (Phi) is 5.66. The van der Waals surface area contributed by atoms with Crippen LogP contribution in [0.25, 0.3) is 11.1 Å². The van der Waals surface area contributed by atoms with E-state index in [4.69, 9.17) is 37.4 Å². The Morgan fingerprint density at radius 1 is 1.03 bits per heavy atom. The minimum atomic E-state index is -0.362. The van der Waals surface area contributed by atoms with Crippen LogP contribution in [0.2, 0.25) is 10.0 Å². The molecule has 2 unspecified atom stereocenters. The zero-order valence-corrected chi connectivity index (χ0v) is 17.8. The van der Waals surface area contributed by atoms with Gasteiger partial charge >= 0.3 is 0 Å². The van der Waals surface area contributed by atoms with Crippen LogP contribution in [-0.4, -0.2) is 24.0 Å². The number of aromatic nitrogens is 1. The van der Waals surface area contributed by atoms with Crippen LogP contribution in [0.3, 0.4) is 0 Å². The Hall–Kier alpha value is -2.11. The molecular formula is C24H21Cl2NO3. The third kappa shape index (κ3) is 4.19. The summed E-state index contributed by atoms with van der Waals surface area (Å²) in [4.78, 5) is 4.36. The Morgan fingerprint density at radius 2 is 1.90 bits per heavy atom. The first kappa shape index (κ1) is 19.8. The quantitative estimate of drug-likeness (QED) is 0.434. The van der Waals surface area contributed by atoms with E-state index < -0.39 is 0 Å². The number of halogens is 2. The van der Waals surface area contributed by atoms with E-state index in [1.54, 1.807) is 12.1 Å². The first-order chi connectivity index (χ1) is 14.7. The average Bonchev–Trinajstić information content (AvgIpc) is 3.55. The summed E-state index contributed by atoms with van der Waals surface area (Å²) in [5.41, 5.74) is 4.11. The van der Waals surface area contributed by atoms with E-state index in [-0.39, 0.29) is 12.2 Å². The minimum Gasteiger partial charge on any atom is -0.490 e. The maximum atomic E-state index is 6.26. The smallest absolute Gasteiger partial charge is 0.167 e. The number of ether oxygens (including phenoxy) is 3. The first-order valence-corrected chi connectivity index (χ1v) is 10.8. The van der Waals surface area contributed by atoms with Gasteiger partial charge in [0.1, 0.15) is 5.75 Å². The van der Waals surface area contributed by atoms with Crippen molar-refractivity contribution in [2.24, 2.45) is 0 Å². The highest BCUT2D eigenvalue weighted by Gasteiger charge is 2.37. The van der Waals surface area contributed by atoms with E-state index in [1.165, 1.54) is 0 Å². The van der Waals surface area contributed by atoms with Crippen LogP contribution in [0.5, 0.6) is 5.75 Å². The van der Waals surface area contributed by atoms with Gasteiger partial charge in [0, 0.05) is 28.0 Å². The number of pyridine rings is 1. The molecule has 1 saturated carbocycles. The molecule has 1 aliphatic carbocycles. The van der Waals surface area contributed by atoms with Crippen LogP contribution >= 0.6 is 23.2 Å². The van der Waals surface area contributed by atoms with Gasteiger partial charge in [-0.2, -0.15) is 0 Å². The van der Waals surface area contributed by atoms with Crippen LogP contribution in [-0.2, 0) is 16.1 Å². The fourth-order valence-corrected chi connectivity index (χ4v) is 3.97. The molecule has 0 radical (unpaired) electrons. The summed E-state index contributed by atoms with van der Waals surface area (Å²) >= 11 is 12.3. The number of hydrogen-bond acceptors (Lipinski definition) is 4. The van der Waals surface area contributed by atoms with Gasteiger partial charge in [0.05, 0.1) is 25.2 Å². The molecule has 2 heterocycles. The Balaban J connectivity index is 1.37. The molecule has 4 nitrogen and oxygen atoms in total. The first-order valence-electron chi connectivity index (χ1n) is 10.1. The molecule has 5 rings (SSSR count). The van der Waals surface area contributed by atoms with E-state index in [0.29, 0.717) is 29.4 Å². The van der Waals surface area contributed by atoms with Crippen LogP contribution in [0.15, 0.2) is 60.9 Å². The lowest BCUT2D eigenvalue weighted by atomic mass is 9.89. The van der Waals surface area contributed by atoms with Gasteiger partial charge in [-0.15, -0.1) is 0 Å². The van der Waals surface area contributed by atoms with E-state index in [2.05, 4.69) is 11.1 Å². The molecule has 0 amide bonds. The van der Waals surface area contributed by atoms with Crippen molar-refractivity contribution in [3.8, 4) is 16.9 Å². The maximum absolute atomic E-state index is 6.26. The van der Waals surface area contributed by atoms with E-state index in [1.807, 2.05) is 42.7 Å². The Bertz CT molecular complexity index is 1050. The van der Waals surface area contributed by atoms with Crippen molar-refractivity contribution >= 4 is 23.2 Å². The zero-order valence-electron chi connectivity index (χ0n) is 16.3.